The third-order valence-corrected chi connectivity index (χ3v) is 3.98. The van der Waals surface area contributed by atoms with Gasteiger partial charge in [-0.15, -0.1) is 0 Å². The highest BCUT2D eigenvalue weighted by molar-refractivity contribution is 9.10. The first-order chi connectivity index (χ1) is 10.0. The van der Waals surface area contributed by atoms with Crippen molar-refractivity contribution in [1.29, 1.82) is 0 Å². The lowest BCUT2D eigenvalue weighted by atomic mass is 9.97. The van der Waals surface area contributed by atoms with Crippen LogP contribution in [0.1, 0.15) is 22.8 Å². The largest absolute Gasteiger partial charge is 0.482 e. The summed E-state index contributed by atoms with van der Waals surface area (Å²) in [6, 6.07) is 11.1. The van der Waals surface area contributed by atoms with Crippen molar-refractivity contribution >= 4 is 27.5 Å². The van der Waals surface area contributed by atoms with Gasteiger partial charge in [0.25, 0.3) is 5.91 Å². The fraction of sp³-hybridized carbons (Fsp3) is 0.188. The molecule has 2 aromatic carbocycles. The molecule has 4 nitrogen and oxygen atoms in total. The minimum atomic E-state index is -0.758. The quantitative estimate of drug-likeness (QED) is 0.877. The summed E-state index contributed by atoms with van der Waals surface area (Å²) in [6.07, 6.45) is -0.758. The van der Waals surface area contributed by atoms with Crippen LogP contribution in [0.5, 0.6) is 5.75 Å². The van der Waals surface area contributed by atoms with E-state index in [1.807, 2.05) is 25.1 Å². The van der Waals surface area contributed by atoms with Gasteiger partial charge in [0.05, 0.1) is 5.69 Å². The molecule has 0 fully saturated rings. The van der Waals surface area contributed by atoms with Crippen LogP contribution < -0.4 is 10.1 Å². The maximum Gasteiger partial charge on any atom is 0.262 e. The van der Waals surface area contributed by atoms with Gasteiger partial charge in [-0.25, -0.2) is 0 Å². The average molecular weight is 348 g/mol. The summed E-state index contributed by atoms with van der Waals surface area (Å²) in [5.74, 6) is 0.435. The molecule has 21 heavy (non-hydrogen) atoms. The lowest BCUT2D eigenvalue weighted by Gasteiger charge is -2.21. The molecule has 1 aliphatic heterocycles. The van der Waals surface area contributed by atoms with E-state index in [0.29, 0.717) is 17.0 Å². The topological polar surface area (TPSA) is 58.6 Å². The van der Waals surface area contributed by atoms with E-state index in [-0.39, 0.29) is 12.5 Å². The van der Waals surface area contributed by atoms with Gasteiger partial charge >= 0.3 is 0 Å². The molecule has 108 valence electrons. The van der Waals surface area contributed by atoms with Crippen LogP contribution in [0.15, 0.2) is 40.9 Å². The molecule has 0 bridgehead atoms. The van der Waals surface area contributed by atoms with Gasteiger partial charge in [-0.2, -0.15) is 0 Å². The monoisotopic (exact) mass is 347 g/mol. The Labute approximate surface area is 130 Å². The number of ether oxygens (including phenoxy) is 1. The molecule has 0 saturated heterocycles. The number of aliphatic hydroxyl groups excluding tert-OH is 1. The number of carbonyl (C=O) groups excluding carboxylic acids is 1. The lowest BCUT2D eigenvalue weighted by molar-refractivity contribution is -0.118. The number of rotatable bonds is 2. The Hall–Kier alpha value is -1.85. The highest BCUT2D eigenvalue weighted by atomic mass is 79.9. The zero-order chi connectivity index (χ0) is 15.0. The van der Waals surface area contributed by atoms with Crippen molar-refractivity contribution in [1.82, 2.24) is 0 Å². The summed E-state index contributed by atoms with van der Waals surface area (Å²) in [5, 5.41) is 13.3. The van der Waals surface area contributed by atoms with Crippen LogP contribution >= 0.6 is 15.9 Å². The SMILES string of the molecule is Cc1ccc(Br)cc1C(O)c1ccc2c(c1)NC(=O)CO2. The highest BCUT2D eigenvalue weighted by Gasteiger charge is 2.19. The number of carbonyl (C=O) groups is 1. The van der Waals surface area contributed by atoms with Crippen LogP contribution in [0.4, 0.5) is 5.69 Å². The average Bonchev–Trinajstić information content (AvgIpc) is 2.48. The molecule has 1 unspecified atom stereocenters. The Morgan fingerprint density at radius 1 is 1.29 bits per heavy atom. The van der Waals surface area contributed by atoms with Gasteiger partial charge in [0.15, 0.2) is 6.61 Å². The second-order valence-electron chi connectivity index (χ2n) is 5.00. The molecule has 1 aliphatic rings. The summed E-state index contributed by atoms with van der Waals surface area (Å²) < 4.78 is 6.23. The molecule has 1 heterocycles. The van der Waals surface area contributed by atoms with E-state index in [0.717, 1.165) is 15.6 Å². The van der Waals surface area contributed by atoms with Crippen molar-refractivity contribution in [3.8, 4) is 5.75 Å². The third-order valence-electron chi connectivity index (χ3n) is 3.49. The Kier molecular flexibility index (Phi) is 3.69. The number of fused-ring (bicyclic) bond motifs is 1. The fourth-order valence-corrected chi connectivity index (χ4v) is 2.74. The summed E-state index contributed by atoms with van der Waals surface area (Å²) in [4.78, 5) is 11.4. The first-order valence-corrected chi connectivity index (χ1v) is 7.34. The van der Waals surface area contributed by atoms with Crippen molar-refractivity contribution in [2.75, 3.05) is 11.9 Å². The molecule has 1 amide bonds. The lowest BCUT2D eigenvalue weighted by Crippen LogP contribution is -2.25. The maximum atomic E-state index is 11.4. The Morgan fingerprint density at radius 3 is 2.90 bits per heavy atom. The van der Waals surface area contributed by atoms with Crippen LogP contribution in [-0.2, 0) is 4.79 Å². The van der Waals surface area contributed by atoms with Gasteiger partial charge in [-0.3, -0.25) is 4.79 Å². The second kappa shape index (κ2) is 5.50. The summed E-state index contributed by atoms with van der Waals surface area (Å²) >= 11 is 3.42. The van der Waals surface area contributed by atoms with Crippen molar-refractivity contribution in [3.05, 3.63) is 57.6 Å². The van der Waals surface area contributed by atoms with Crippen LogP contribution in [0.2, 0.25) is 0 Å². The maximum absolute atomic E-state index is 11.4. The van der Waals surface area contributed by atoms with Crippen LogP contribution in [0, 0.1) is 6.92 Å². The van der Waals surface area contributed by atoms with E-state index in [1.165, 1.54) is 0 Å². The zero-order valence-electron chi connectivity index (χ0n) is 11.4. The standard InChI is InChI=1S/C16H14BrNO3/c1-9-2-4-11(17)7-12(9)16(20)10-3-5-14-13(6-10)18-15(19)8-21-14/h2-7,16,20H,8H2,1H3,(H,18,19). The Balaban J connectivity index is 1.98. The molecule has 5 heteroatoms. The number of anilines is 1. The number of aliphatic hydroxyl groups is 1. The second-order valence-corrected chi connectivity index (χ2v) is 5.91. The highest BCUT2D eigenvalue weighted by Crippen LogP contribution is 2.34. The summed E-state index contributed by atoms with van der Waals surface area (Å²) in [6.45, 7) is 1.98. The number of aryl methyl sites for hydroxylation is 1. The van der Waals surface area contributed by atoms with E-state index in [2.05, 4.69) is 21.2 Å². The Morgan fingerprint density at radius 2 is 2.10 bits per heavy atom. The van der Waals surface area contributed by atoms with E-state index in [1.54, 1.807) is 18.2 Å². The van der Waals surface area contributed by atoms with Gasteiger partial charge in [-0.05, 0) is 47.9 Å². The predicted molar refractivity (Wildman–Crippen MR) is 83.5 cm³/mol. The predicted octanol–water partition coefficient (Wildman–Crippen LogP) is 3.17. The molecule has 3 rings (SSSR count). The third kappa shape index (κ3) is 2.80. The number of nitrogens with one attached hydrogen (secondary N) is 1. The number of amides is 1. The van der Waals surface area contributed by atoms with Gasteiger partial charge in [0.1, 0.15) is 11.9 Å². The molecule has 2 N–H and O–H groups in total. The van der Waals surface area contributed by atoms with E-state index in [9.17, 15) is 9.90 Å². The summed E-state index contributed by atoms with van der Waals surface area (Å²) in [5.41, 5.74) is 3.13. The molecular weight excluding hydrogens is 334 g/mol. The van der Waals surface area contributed by atoms with E-state index >= 15 is 0 Å². The molecule has 1 atom stereocenters. The van der Waals surface area contributed by atoms with Gasteiger partial charge in [0, 0.05) is 4.47 Å². The van der Waals surface area contributed by atoms with Crippen molar-refractivity contribution in [2.45, 2.75) is 13.0 Å². The Bertz CT molecular complexity index is 715. The first kappa shape index (κ1) is 14.1. The van der Waals surface area contributed by atoms with Crippen LogP contribution in [-0.4, -0.2) is 17.6 Å². The van der Waals surface area contributed by atoms with Gasteiger partial charge in [0.2, 0.25) is 0 Å². The number of hydrogen-bond acceptors (Lipinski definition) is 3. The molecule has 0 aliphatic carbocycles. The van der Waals surface area contributed by atoms with Crippen molar-refractivity contribution in [3.63, 3.8) is 0 Å². The number of hydrogen-bond donors (Lipinski definition) is 2. The molecular formula is C16H14BrNO3. The first-order valence-electron chi connectivity index (χ1n) is 6.55. The fourth-order valence-electron chi connectivity index (χ4n) is 2.36. The van der Waals surface area contributed by atoms with E-state index < -0.39 is 6.10 Å². The number of benzene rings is 2. The van der Waals surface area contributed by atoms with Gasteiger partial charge in [-0.1, -0.05) is 28.1 Å². The smallest absolute Gasteiger partial charge is 0.262 e. The van der Waals surface area contributed by atoms with Crippen LogP contribution in [0.3, 0.4) is 0 Å². The zero-order valence-corrected chi connectivity index (χ0v) is 13.0. The normalized spacial score (nSPS) is 14.9. The minimum Gasteiger partial charge on any atom is -0.482 e. The molecule has 0 radical (unpaired) electrons. The molecule has 0 spiro atoms. The molecule has 0 aromatic heterocycles. The van der Waals surface area contributed by atoms with E-state index in [4.69, 9.17) is 4.74 Å². The van der Waals surface area contributed by atoms with Gasteiger partial charge < -0.3 is 15.2 Å². The van der Waals surface area contributed by atoms with Crippen molar-refractivity contribution in [2.24, 2.45) is 0 Å². The molecule has 0 saturated carbocycles. The summed E-state index contributed by atoms with van der Waals surface area (Å²) in [7, 11) is 0. The number of halogens is 1. The molecule has 2 aromatic rings. The van der Waals surface area contributed by atoms with Crippen LogP contribution in [0.25, 0.3) is 0 Å². The van der Waals surface area contributed by atoms with Crippen molar-refractivity contribution < 1.29 is 14.6 Å². The minimum absolute atomic E-state index is 0.0274.